The molecule has 106 valence electrons. The minimum absolute atomic E-state index is 0.0136. The number of carbonyl (C=O) groups is 1. The predicted molar refractivity (Wildman–Crippen MR) is 67.6 cm³/mol. The van der Waals surface area contributed by atoms with Crippen molar-refractivity contribution < 1.29 is 19.0 Å². The van der Waals surface area contributed by atoms with Crippen molar-refractivity contribution in [1.29, 1.82) is 0 Å². The Morgan fingerprint density at radius 3 is 2.74 bits per heavy atom. The summed E-state index contributed by atoms with van der Waals surface area (Å²) < 4.78 is 16.6. The summed E-state index contributed by atoms with van der Waals surface area (Å²) in [5, 5.41) is 0. The van der Waals surface area contributed by atoms with Crippen LogP contribution in [0.15, 0.2) is 0 Å². The maximum atomic E-state index is 12.3. The second-order valence-electron chi connectivity index (χ2n) is 7.01. The molecule has 0 aromatic carbocycles. The van der Waals surface area contributed by atoms with Gasteiger partial charge in [0.1, 0.15) is 0 Å². The number of hydrogen-bond acceptors (Lipinski definition) is 4. The highest BCUT2D eigenvalue weighted by Gasteiger charge is 2.52. The highest BCUT2D eigenvalue weighted by molar-refractivity contribution is 5.76. The summed E-state index contributed by atoms with van der Waals surface area (Å²) in [5.74, 6) is 0.491. The quantitative estimate of drug-likeness (QED) is 0.579. The van der Waals surface area contributed by atoms with Crippen molar-refractivity contribution in [2.75, 3.05) is 6.61 Å². The van der Waals surface area contributed by atoms with Crippen LogP contribution in [-0.4, -0.2) is 37.0 Å². The van der Waals surface area contributed by atoms with E-state index in [2.05, 4.69) is 0 Å². The minimum Gasteiger partial charge on any atom is -0.465 e. The Morgan fingerprint density at radius 1 is 1.16 bits per heavy atom. The first-order chi connectivity index (χ1) is 9.14. The van der Waals surface area contributed by atoms with Gasteiger partial charge in [0.2, 0.25) is 0 Å². The second kappa shape index (κ2) is 4.19. The van der Waals surface area contributed by atoms with Gasteiger partial charge in [-0.3, -0.25) is 4.79 Å². The molecule has 0 N–H and O–H groups in total. The van der Waals surface area contributed by atoms with Crippen molar-refractivity contribution in [1.82, 2.24) is 0 Å². The normalized spacial score (nSPS) is 50.9. The number of rotatable bonds is 3. The molecular formula is C15H22O4. The lowest BCUT2D eigenvalue weighted by Gasteiger charge is -2.30. The predicted octanol–water partition coefficient (Wildman–Crippen LogP) is 2.05. The zero-order valence-corrected chi connectivity index (χ0v) is 11.5. The van der Waals surface area contributed by atoms with Gasteiger partial charge in [-0.05, 0) is 51.4 Å². The van der Waals surface area contributed by atoms with E-state index in [-0.39, 0.29) is 11.4 Å². The highest BCUT2D eigenvalue weighted by Crippen LogP contribution is 2.47. The molecule has 4 heteroatoms. The average molecular weight is 266 g/mol. The Morgan fingerprint density at radius 2 is 1.95 bits per heavy atom. The first-order valence-electron chi connectivity index (χ1n) is 7.62. The SMILES string of the molecule is CC1(C(=O)OCC2CCC3OC3C2)CCC2OC2C1. The molecular weight excluding hydrogens is 244 g/mol. The van der Waals surface area contributed by atoms with Gasteiger partial charge < -0.3 is 14.2 Å². The summed E-state index contributed by atoms with van der Waals surface area (Å²) in [5.41, 5.74) is -0.315. The fraction of sp³-hybridized carbons (Fsp3) is 0.933. The summed E-state index contributed by atoms with van der Waals surface area (Å²) >= 11 is 0. The lowest BCUT2D eigenvalue weighted by molar-refractivity contribution is -0.158. The zero-order valence-electron chi connectivity index (χ0n) is 11.5. The highest BCUT2D eigenvalue weighted by atomic mass is 16.6. The van der Waals surface area contributed by atoms with Crippen LogP contribution < -0.4 is 0 Å². The van der Waals surface area contributed by atoms with E-state index in [1.54, 1.807) is 0 Å². The third-order valence-corrected chi connectivity index (χ3v) is 5.38. The molecule has 0 aromatic rings. The molecule has 0 spiro atoms. The number of fused-ring (bicyclic) bond motifs is 2. The summed E-state index contributed by atoms with van der Waals surface area (Å²) in [6.07, 6.45) is 7.85. The molecule has 4 aliphatic rings. The van der Waals surface area contributed by atoms with Crippen molar-refractivity contribution >= 4 is 5.97 Å². The van der Waals surface area contributed by atoms with Crippen molar-refractivity contribution in [3.05, 3.63) is 0 Å². The molecule has 19 heavy (non-hydrogen) atoms. The van der Waals surface area contributed by atoms with Crippen LogP contribution in [0.3, 0.4) is 0 Å². The molecule has 2 aliphatic carbocycles. The first-order valence-corrected chi connectivity index (χ1v) is 7.62. The Hall–Kier alpha value is -0.610. The molecule has 0 bridgehead atoms. The van der Waals surface area contributed by atoms with Crippen LogP contribution in [0.5, 0.6) is 0 Å². The Bertz CT molecular complexity index is 396. The molecule has 2 heterocycles. The average Bonchev–Trinajstić information content (AvgIpc) is 3.28. The maximum Gasteiger partial charge on any atom is 0.311 e. The van der Waals surface area contributed by atoms with Gasteiger partial charge in [-0.2, -0.15) is 0 Å². The number of esters is 1. The smallest absolute Gasteiger partial charge is 0.311 e. The van der Waals surface area contributed by atoms with Crippen LogP contribution in [0, 0.1) is 11.3 Å². The van der Waals surface area contributed by atoms with Gasteiger partial charge in [-0.1, -0.05) is 0 Å². The maximum absolute atomic E-state index is 12.3. The first kappa shape index (κ1) is 12.2. The molecule has 2 saturated carbocycles. The molecule has 0 radical (unpaired) electrons. The van der Waals surface area contributed by atoms with E-state index in [9.17, 15) is 4.79 Å². The van der Waals surface area contributed by atoms with Gasteiger partial charge in [-0.15, -0.1) is 0 Å². The lowest BCUT2D eigenvalue weighted by Crippen LogP contribution is -2.36. The molecule has 2 saturated heterocycles. The van der Waals surface area contributed by atoms with Gasteiger partial charge in [-0.25, -0.2) is 0 Å². The molecule has 2 aliphatic heterocycles. The van der Waals surface area contributed by atoms with E-state index < -0.39 is 0 Å². The van der Waals surface area contributed by atoms with Gasteiger partial charge >= 0.3 is 5.97 Å². The van der Waals surface area contributed by atoms with Crippen LogP contribution in [0.2, 0.25) is 0 Å². The third-order valence-electron chi connectivity index (χ3n) is 5.38. The monoisotopic (exact) mass is 266 g/mol. The minimum atomic E-state index is -0.315. The molecule has 4 nitrogen and oxygen atoms in total. The summed E-state index contributed by atoms with van der Waals surface area (Å²) in [6, 6.07) is 0. The Balaban J connectivity index is 1.28. The van der Waals surface area contributed by atoms with E-state index >= 15 is 0 Å². The van der Waals surface area contributed by atoms with Crippen molar-refractivity contribution in [3.8, 4) is 0 Å². The van der Waals surface area contributed by atoms with Gasteiger partial charge in [0.25, 0.3) is 0 Å². The molecule has 0 aromatic heterocycles. The third kappa shape index (κ3) is 2.29. The molecule has 4 fully saturated rings. The van der Waals surface area contributed by atoms with Gasteiger partial charge in [0, 0.05) is 0 Å². The lowest BCUT2D eigenvalue weighted by atomic mass is 9.76. The van der Waals surface area contributed by atoms with Crippen LogP contribution in [0.1, 0.15) is 45.4 Å². The zero-order chi connectivity index (χ0) is 13.0. The molecule has 6 unspecified atom stereocenters. The second-order valence-corrected chi connectivity index (χ2v) is 7.01. The number of carbonyl (C=O) groups excluding carboxylic acids is 1. The van der Waals surface area contributed by atoms with E-state index in [4.69, 9.17) is 14.2 Å². The topological polar surface area (TPSA) is 51.4 Å². The number of ether oxygens (including phenoxy) is 3. The standard InChI is InChI=1S/C15H22O4/c1-15(5-4-11-13(7-15)19-11)14(16)17-8-9-2-3-10-12(6-9)18-10/h9-13H,2-8H2,1H3. The van der Waals surface area contributed by atoms with E-state index in [1.165, 1.54) is 0 Å². The van der Waals surface area contributed by atoms with Crippen LogP contribution in [0.4, 0.5) is 0 Å². The van der Waals surface area contributed by atoms with Crippen LogP contribution in [-0.2, 0) is 19.0 Å². The number of hydrogen-bond donors (Lipinski definition) is 0. The van der Waals surface area contributed by atoms with E-state index in [1.807, 2.05) is 6.92 Å². The van der Waals surface area contributed by atoms with Crippen LogP contribution in [0.25, 0.3) is 0 Å². The summed E-state index contributed by atoms with van der Waals surface area (Å²) in [4.78, 5) is 12.3. The van der Waals surface area contributed by atoms with E-state index in [0.29, 0.717) is 36.9 Å². The largest absolute Gasteiger partial charge is 0.465 e. The van der Waals surface area contributed by atoms with E-state index in [0.717, 1.165) is 38.5 Å². The van der Waals surface area contributed by atoms with Crippen molar-refractivity contribution in [2.24, 2.45) is 11.3 Å². The summed E-state index contributed by atoms with van der Waals surface area (Å²) in [6.45, 7) is 2.62. The fourth-order valence-corrected chi connectivity index (χ4v) is 3.81. The Kier molecular flexibility index (Phi) is 2.68. The van der Waals surface area contributed by atoms with Crippen molar-refractivity contribution in [2.45, 2.75) is 69.9 Å². The molecule has 0 amide bonds. The number of epoxide rings is 2. The summed E-state index contributed by atoms with van der Waals surface area (Å²) in [7, 11) is 0. The van der Waals surface area contributed by atoms with Crippen molar-refractivity contribution in [3.63, 3.8) is 0 Å². The van der Waals surface area contributed by atoms with Gasteiger partial charge in [0.15, 0.2) is 0 Å². The van der Waals surface area contributed by atoms with Crippen LogP contribution >= 0.6 is 0 Å². The Labute approximate surface area is 113 Å². The fourth-order valence-electron chi connectivity index (χ4n) is 3.81. The van der Waals surface area contributed by atoms with Gasteiger partial charge in [0.05, 0.1) is 36.4 Å². The molecule has 4 rings (SSSR count). The molecule has 6 atom stereocenters.